The number of aromatic nitrogens is 9. The Morgan fingerprint density at radius 1 is 0.487 bits per heavy atom. The number of benzene rings is 4. The second kappa shape index (κ2) is 31.7. The van der Waals surface area contributed by atoms with Crippen LogP contribution >= 0.6 is 11.6 Å². The molecule has 5 aromatic heterocycles. The molecule has 4 N–H and O–H groups in total. The Bertz CT molecular complexity index is 5830. The fourth-order valence-corrected chi connectivity index (χ4v) is 22.7. The van der Waals surface area contributed by atoms with Crippen molar-refractivity contribution in [2.45, 2.75) is 176 Å². The maximum absolute atomic E-state index is 15.0. The van der Waals surface area contributed by atoms with Gasteiger partial charge in [0.1, 0.15) is 28.3 Å². The third-order valence-corrected chi connectivity index (χ3v) is 27.4. The number of ether oxygens (including phenoxy) is 1. The van der Waals surface area contributed by atoms with Crippen molar-refractivity contribution in [3.05, 3.63) is 134 Å². The lowest BCUT2D eigenvalue weighted by Crippen LogP contribution is -2.49. The molecule has 1 saturated heterocycles. The highest BCUT2D eigenvalue weighted by atomic mass is 35.5. The molecule has 10 fully saturated rings. The maximum Gasteiger partial charge on any atom is 0.304 e. The molecule has 0 atom stereocenters. The van der Waals surface area contributed by atoms with E-state index in [0.29, 0.717) is 86.3 Å². The van der Waals surface area contributed by atoms with E-state index in [2.05, 4.69) is 20.3 Å². The summed E-state index contributed by atoms with van der Waals surface area (Å²) in [4.78, 5) is 53.1. The zero-order valence-electron chi connectivity index (χ0n) is 65.5. The smallest absolute Gasteiger partial charge is 0.304 e. The predicted octanol–water partition coefficient (Wildman–Crippen LogP) is 12.7. The number of halogens is 5. The van der Waals surface area contributed by atoms with E-state index in [-0.39, 0.29) is 44.5 Å². The van der Waals surface area contributed by atoms with Gasteiger partial charge in [0.2, 0.25) is 35.9 Å². The molecule has 1 aliphatic heterocycles. The fourth-order valence-electron chi connectivity index (χ4n) is 20.0. The standard InChI is InChI=1S/C23H29FN4O3S.C21H26FN3O3S.C19H20ClFN4O4S.C16H20FN3O3S/c1-14-18-8-19(22(29)26-32(30,31)27-3-2-4-27)20(24)9-21(18)28(25-14)13-23-10-15-5-16(11-23)7-17(6-15)12-23;1-12-16-6-17(20(26)24-29(2,27)28)18(22)7-19(16)25(23-12)11-21-8-13-3-14(9-21)5-15(4-13)10-21;1-10(2)9-29-19-15(20)5-12(8-22-19)25-17-7-16(21)14(6-13(17)11(3)23-25)18(26)24-30(4,27)28;1-10-12-8-13(16(21)19-24(2,22)23)14(17)9-15(12)20(18-10)11-6-4-3-5-7-11/h8-9,15-17H,2-7,10-13H2,1H3,(H,26,29);6-7,13-15H,3-5,8-11H2,1-2H3,(H,24,26);5-8,10H,9H2,1-4H3,(H,24,26);8-9,11H,3-7H2,1-2H3,(H,19,21). The maximum atomic E-state index is 15.0. The molecule has 19 rings (SSSR count). The van der Waals surface area contributed by atoms with Crippen LogP contribution in [0.3, 0.4) is 0 Å². The Morgan fingerprint density at radius 3 is 1.22 bits per heavy atom. The Kier molecular flexibility index (Phi) is 22.8. The van der Waals surface area contributed by atoms with Crippen LogP contribution in [-0.2, 0) is 53.4 Å². The van der Waals surface area contributed by atoms with Crippen molar-refractivity contribution in [3.8, 4) is 11.6 Å². The van der Waals surface area contributed by atoms with E-state index in [1.807, 2.05) is 51.2 Å². The van der Waals surface area contributed by atoms with E-state index in [9.17, 15) is 66.0 Å². The van der Waals surface area contributed by atoms with Gasteiger partial charge >= 0.3 is 10.2 Å². The molecule has 4 aromatic carbocycles. The number of carbonyl (C=O) groups excluding carboxylic acids is 4. The topological polar surface area (TPSA) is 350 Å². The molecular weight excluding hydrogens is 1590 g/mol. The quantitative estimate of drug-likeness (QED) is 0.0580. The fraction of sp³-hybridized carbons (Fsp3) is 0.532. The molecule has 0 unspecified atom stereocenters. The summed E-state index contributed by atoms with van der Waals surface area (Å²) < 4.78 is 172. The average Bonchev–Trinajstić information content (AvgIpc) is 1.66. The first kappa shape index (κ1) is 82.9. The van der Waals surface area contributed by atoms with Crippen LogP contribution in [0.5, 0.6) is 5.88 Å². The largest absolute Gasteiger partial charge is 0.476 e. The lowest BCUT2D eigenvalue weighted by atomic mass is 9.49. The molecule has 115 heavy (non-hydrogen) atoms. The normalized spacial score (nSPS) is 23.1. The molecule has 4 amide bonds. The molecule has 36 heteroatoms. The third kappa shape index (κ3) is 18.1. The van der Waals surface area contributed by atoms with Crippen molar-refractivity contribution in [1.82, 2.24) is 67.3 Å². The summed E-state index contributed by atoms with van der Waals surface area (Å²) in [6.07, 6.45) is 25.9. The molecular formula is C79H95ClF4N14O13S4. The average molecular weight is 1690 g/mol. The minimum atomic E-state index is -3.93. The van der Waals surface area contributed by atoms with Crippen molar-refractivity contribution >= 4 is 119 Å². The van der Waals surface area contributed by atoms with Crippen LogP contribution in [-0.4, -0.2) is 144 Å². The number of amides is 4. The first-order valence-corrected chi connectivity index (χ1v) is 46.4. The summed E-state index contributed by atoms with van der Waals surface area (Å²) in [5, 5.41) is 21.1. The van der Waals surface area contributed by atoms with Crippen molar-refractivity contribution in [1.29, 1.82) is 0 Å². The molecule has 27 nitrogen and oxygen atoms in total. The van der Waals surface area contributed by atoms with E-state index in [0.717, 1.165) is 117 Å². The number of nitrogens with zero attached hydrogens (tertiary/aromatic N) is 10. The summed E-state index contributed by atoms with van der Waals surface area (Å²) in [5.41, 5.74) is 4.76. The number of sulfonamides is 3. The van der Waals surface area contributed by atoms with Gasteiger partial charge in [-0.3, -0.25) is 33.2 Å². The molecule has 9 aliphatic carbocycles. The molecule has 8 bridgehead atoms. The van der Waals surface area contributed by atoms with Crippen LogP contribution in [0.25, 0.3) is 49.3 Å². The first-order valence-electron chi connectivity index (χ1n) is 38.9. The molecule has 0 spiro atoms. The van der Waals surface area contributed by atoms with Gasteiger partial charge in [0.15, 0.2) is 0 Å². The Hall–Kier alpha value is -8.64. The van der Waals surface area contributed by atoms with Gasteiger partial charge in [0, 0.05) is 72.0 Å². The lowest BCUT2D eigenvalue weighted by Gasteiger charge is -2.56. The predicted molar refractivity (Wildman–Crippen MR) is 425 cm³/mol. The van der Waals surface area contributed by atoms with Gasteiger partial charge < -0.3 is 4.74 Å². The number of pyridine rings is 1. The van der Waals surface area contributed by atoms with E-state index < -0.39 is 92.7 Å². The second-order valence-electron chi connectivity index (χ2n) is 34.0. The van der Waals surface area contributed by atoms with Gasteiger partial charge in [-0.2, -0.15) is 33.1 Å². The van der Waals surface area contributed by atoms with E-state index in [1.54, 1.807) is 29.4 Å². The minimum absolute atomic E-state index is 0.241. The van der Waals surface area contributed by atoms with Crippen LogP contribution in [0, 0.1) is 103 Å². The van der Waals surface area contributed by atoms with Crippen molar-refractivity contribution in [2.24, 2.45) is 52.3 Å². The van der Waals surface area contributed by atoms with Crippen LogP contribution in [0.2, 0.25) is 5.02 Å². The SMILES string of the molecule is Cc1nn(-c2cnc(OCC(C)C)c(Cl)c2)c2cc(F)c(C(=O)NS(C)(=O)=O)cc12.Cc1nn(C2CCCCC2)c2cc(F)c(C(=O)NS(C)(=O)=O)cc12.Cc1nn(CC23CC4CC(CC(C4)C2)C3)c2cc(F)c(C(=O)NS(=O)(=O)N3CCC3)cc12.Cc1nn(CC23CC4CC(CC(C4)C2)C3)c2cc(F)c(C(=O)NS(C)(=O)=O)cc12. The molecule has 6 heterocycles. The number of hydrogen-bond donors (Lipinski definition) is 4. The molecule has 618 valence electrons. The number of rotatable bonds is 18. The monoisotopic (exact) mass is 1690 g/mol. The zero-order valence-corrected chi connectivity index (χ0v) is 69.5. The Morgan fingerprint density at radius 2 is 0.843 bits per heavy atom. The van der Waals surface area contributed by atoms with Gasteiger partial charge in [-0.05, 0) is 207 Å². The Labute approximate surface area is 670 Å². The van der Waals surface area contributed by atoms with E-state index in [1.165, 1.54) is 141 Å². The van der Waals surface area contributed by atoms with Gasteiger partial charge in [-0.1, -0.05) is 44.7 Å². The van der Waals surface area contributed by atoms with Gasteiger partial charge in [0.05, 0.1) is 110 Å². The summed E-state index contributed by atoms with van der Waals surface area (Å²) in [5.74, 6) is -1.48. The van der Waals surface area contributed by atoms with Crippen LogP contribution in [0.4, 0.5) is 17.6 Å². The van der Waals surface area contributed by atoms with Crippen LogP contribution in [0.1, 0.15) is 200 Å². The van der Waals surface area contributed by atoms with Crippen molar-refractivity contribution < 1.29 is 75.1 Å². The van der Waals surface area contributed by atoms with Crippen LogP contribution in [0.15, 0.2) is 60.8 Å². The van der Waals surface area contributed by atoms with Crippen LogP contribution < -0.4 is 23.6 Å². The molecule has 0 radical (unpaired) electrons. The Balaban J connectivity index is 0.000000127. The van der Waals surface area contributed by atoms with E-state index >= 15 is 4.39 Å². The minimum Gasteiger partial charge on any atom is -0.476 e. The summed E-state index contributed by atoms with van der Waals surface area (Å²) in [6.45, 7) is 14.0. The highest BCUT2D eigenvalue weighted by molar-refractivity contribution is 7.90. The number of hydrogen-bond acceptors (Lipinski definition) is 18. The zero-order chi connectivity index (χ0) is 82.5. The highest BCUT2D eigenvalue weighted by Gasteiger charge is 2.53. The molecule has 10 aliphatic rings. The number of nitrogens with one attached hydrogen (secondary N) is 4. The number of fused-ring (bicyclic) bond motifs is 4. The van der Waals surface area contributed by atoms with Crippen molar-refractivity contribution in [2.75, 3.05) is 38.5 Å². The van der Waals surface area contributed by atoms with Gasteiger partial charge in [0.25, 0.3) is 23.6 Å². The molecule has 9 aromatic rings. The number of carbonyl (C=O) groups is 4. The summed E-state index contributed by atoms with van der Waals surface area (Å²) >= 11 is 6.27. The highest BCUT2D eigenvalue weighted by Crippen LogP contribution is 2.62. The number of aryl methyl sites for hydroxylation is 4. The molecule has 9 saturated carbocycles. The van der Waals surface area contributed by atoms with E-state index in [4.69, 9.17) is 21.4 Å². The third-order valence-electron chi connectivity index (χ3n) is 24.0. The van der Waals surface area contributed by atoms with Crippen molar-refractivity contribution in [3.63, 3.8) is 0 Å². The second-order valence-corrected chi connectivity index (χ2v) is 41.3. The van der Waals surface area contributed by atoms with Gasteiger partial charge in [-0.25, -0.2) is 71.4 Å². The summed E-state index contributed by atoms with van der Waals surface area (Å²) in [6, 6.07) is 12.4. The van der Waals surface area contributed by atoms with Gasteiger partial charge in [-0.15, -0.1) is 0 Å². The lowest BCUT2D eigenvalue weighted by molar-refractivity contribution is -0.0631. The summed E-state index contributed by atoms with van der Waals surface area (Å²) in [7, 11) is -15.3. The first-order chi connectivity index (χ1) is 54.0.